The Kier molecular flexibility index (Phi) is 8.10. The fourth-order valence-corrected chi connectivity index (χ4v) is 4.03. The number of nitrogens with one attached hydrogen (secondary N) is 1. The molecule has 3 heterocycles. The topological polar surface area (TPSA) is 195 Å². The van der Waals surface area contributed by atoms with E-state index in [4.69, 9.17) is 14.0 Å². The van der Waals surface area contributed by atoms with Crippen LogP contribution in [0.2, 0.25) is 0 Å². The van der Waals surface area contributed by atoms with Gasteiger partial charge in [-0.15, -0.1) is 0 Å². The van der Waals surface area contributed by atoms with E-state index < -0.39 is 44.9 Å². The highest BCUT2D eigenvalue weighted by molar-refractivity contribution is 7.46. The molecule has 3 rings (SSSR count). The molecule has 0 bridgehead atoms. The fourth-order valence-electron chi connectivity index (χ4n) is 3.46. The minimum absolute atomic E-state index is 0.0517. The third-order valence-electron chi connectivity index (χ3n) is 4.81. The zero-order chi connectivity index (χ0) is 24.2. The SMILES string of the molecule is CCCC(=O)Nc1ncnc2c1ncn2[C@@H]1O[C@H](CO)[C@@H](OP(=O)(O)O)[C@H]1OC(=O)CCC. The number of esters is 1. The smallest absolute Gasteiger partial charge is 0.455 e. The lowest BCUT2D eigenvalue weighted by Crippen LogP contribution is -2.38. The molecule has 1 saturated heterocycles. The van der Waals surface area contributed by atoms with Gasteiger partial charge in [-0.3, -0.25) is 18.7 Å². The molecule has 14 nitrogen and oxygen atoms in total. The van der Waals surface area contributed by atoms with Crippen molar-refractivity contribution < 1.29 is 43.0 Å². The van der Waals surface area contributed by atoms with Crippen LogP contribution < -0.4 is 5.32 Å². The molecule has 2 aromatic rings. The molecule has 0 aliphatic carbocycles. The second-order valence-corrected chi connectivity index (χ2v) is 8.55. The van der Waals surface area contributed by atoms with E-state index in [1.54, 1.807) is 6.92 Å². The summed E-state index contributed by atoms with van der Waals surface area (Å²) in [5.41, 5.74) is 0.427. The van der Waals surface area contributed by atoms with Gasteiger partial charge in [0.15, 0.2) is 29.3 Å². The summed E-state index contributed by atoms with van der Waals surface area (Å²) in [6.45, 7) is 2.95. The van der Waals surface area contributed by atoms with Crippen molar-refractivity contribution in [2.75, 3.05) is 11.9 Å². The first-order chi connectivity index (χ1) is 15.7. The Labute approximate surface area is 188 Å². The number of aliphatic hydroxyl groups excluding tert-OH is 1. The van der Waals surface area contributed by atoms with Gasteiger partial charge in [0.2, 0.25) is 5.91 Å². The van der Waals surface area contributed by atoms with Crippen molar-refractivity contribution in [3.63, 3.8) is 0 Å². The molecule has 0 unspecified atom stereocenters. The minimum Gasteiger partial charge on any atom is -0.455 e. The lowest BCUT2D eigenvalue weighted by atomic mass is 10.1. The summed E-state index contributed by atoms with van der Waals surface area (Å²) in [5, 5.41) is 12.4. The highest BCUT2D eigenvalue weighted by atomic mass is 31.2. The van der Waals surface area contributed by atoms with E-state index >= 15 is 0 Å². The van der Waals surface area contributed by atoms with Crippen molar-refractivity contribution in [1.82, 2.24) is 19.5 Å². The summed E-state index contributed by atoms with van der Waals surface area (Å²) < 4.78 is 28.9. The van der Waals surface area contributed by atoms with Gasteiger partial charge in [0.25, 0.3) is 0 Å². The Morgan fingerprint density at radius 1 is 1.18 bits per heavy atom. The van der Waals surface area contributed by atoms with Crippen molar-refractivity contribution in [3.05, 3.63) is 12.7 Å². The largest absolute Gasteiger partial charge is 0.470 e. The van der Waals surface area contributed by atoms with Gasteiger partial charge in [0, 0.05) is 12.8 Å². The number of phosphoric ester groups is 1. The second-order valence-electron chi connectivity index (χ2n) is 7.36. The average molecular weight is 487 g/mol. The number of hydrogen-bond acceptors (Lipinski definition) is 10. The van der Waals surface area contributed by atoms with E-state index in [0.717, 1.165) is 0 Å². The van der Waals surface area contributed by atoms with E-state index in [9.17, 15) is 29.0 Å². The summed E-state index contributed by atoms with van der Waals surface area (Å²) in [7, 11) is -5.02. The molecule has 0 aromatic carbocycles. The van der Waals surface area contributed by atoms with E-state index in [-0.39, 0.29) is 35.7 Å². The quantitative estimate of drug-likeness (QED) is 0.270. The number of imidazole rings is 1. The predicted octanol–water partition coefficient (Wildman–Crippen LogP) is 0.644. The van der Waals surface area contributed by atoms with Crippen LogP contribution in [0.5, 0.6) is 0 Å². The molecule has 182 valence electrons. The van der Waals surface area contributed by atoms with Gasteiger partial charge >= 0.3 is 13.8 Å². The second kappa shape index (κ2) is 10.6. The standard InChI is InChI=1S/C18H26N5O9P/c1-3-5-11(25)22-16-13-17(20-8-19-16)23(9-21-13)18-15(31-12(26)6-4-2)14(10(7-24)30-18)32-33(27,28)29/h8-10,14-15,18,24H,3-7H2,1-2H3,(H2,27,28,29)(H,19,20,22,25)/t10-,14-,15-,18-/m1/s1. The first-order valence-electron chi connectivity index (χ1n) is 10.4. The van der Waals surface area contributed by atoms with Crippen LogP contribution >= 0.6 is 7.82 Å². The molecule has 0 radical (unpaired) electrons. The summed E-state index contributed by atoms with van der Waals surface area (Å²) in [4.78, 5) is 55.3. The summed E-state index contributed by atoms with van der Waals surface area (Å²) in [5.74, 6) is -0.733. The number of ether oxygens (including phenoxy) is 2. The van der Waals surface area contributed by atoms with Crippen molar-refractivity contribution >= 4 is 36.7 Å². The van der Waals surface area contributed by atoms with Gasteiger partial charge in [0.05, 0.1) is 12.9 Å². The number of fused-ring (bicyclic) bond motifs is 1. The maximum Gasteiger partial charge on any atom is 0.470 e. The summed E-state index contributed by atoms with van der Waals surface area (Å²) in [6.07, 6.45) is -1.25. The van der Waals surface area contributed by atoms with Gasteiger partial charge in [-0.1, -0.05) is 13.8 Å². The van der Waals surface area contributed by atoms with Crippen LogP contribution in [-0.4, -0.2) is 71.2 Å². The molecule has 4 N–H and O–H groups in total. The van der Waals surface area contributed by atoms with E-state index in [1.165, 1.54) is 17.2 Å². The molecule has 2 aromatic heterocycles. The third-order valence-corrected chi connectivity index (χ3v) is 5.33. The maximum absolute atomic E-state index is 12.2. The van der Waals surface area contributed by atoms with Gasteiger partial charge in [-0.2, -0.15) is 0 Å². The van der Waals surface area contributed by atoms with E-state index in [0.29, 0.717) is 12.8 Å². The molecule has 15 heteroatoms. The molecule has 4 atom stereocenters. The summed E-state index contributed by atoms with van der Waals surface area (Å²) in [6, 6.07) is 0. The van der Waals surface area contributed by atoms with Gasteiger partial charge in [-0.25, -0.2) is 19.5 Å². The average Bonchev–Trinajstić information content (AvgIpc) is 3.30. The van der Waals surface area contributed by atoms with E-state index in [2.05, 4.69) is 20.3 Å². The molecule has 0 spiro atoms. The number of carbonyl (C=O) groups is 2. The predicted molar refractivity (Wildman–Crippen MR) is 112 cm³/mol. The van der Waals surface area contributed by atoms with Crippen LogP contribution in [-0.2, 0) is 28.2 Å². The maximum atomic E-state index is 12.2. The number of phosphoric acid groups is 1. The van der Waals surface area contributed by atoms with Crippen LogP contribution in [0.3, 0.4) is 0 Å². The number of amides is 1. The molecular formula is C18H26N5O9P. The molecule has 33 heavy (non-hydrogen) atoms. The highest BCUT2D eigenvalue weighted by Crippen LogP contribution is 2.45. The summed E-state index contributed by atoms with van der Waals surface area (Å²) >= 11 is 0. The Hall–Kier alpha value is -2.48. The van der Waals surface area contributed by atoms with Crippen LogP contribution in [0.4, 0.5) is 5.82 Å². The van der Waals surface area contributed by atoms with Crippen molar-refractivity contribution in [2.45, 2.75) is 64.1 Å². The van der Waals surface area contributed by atoms with Crippen LogP contribution in [0, 0.1) is 0 Å². The van der Waals surface area contributed by atoms with Crippen LogP contribution in [0.15, 0.2) is 12.7 Å². The van der Waals surface area contributed by atoms with Crippen LogP contribution in [0.1, 0.15) is 45.8 Å². The number of aromatic nitrogens is 4. The highest BCUT2D eigenvalue weighted by Gasteiger charge is 2.51. The normalized spacial score (nSPS) is 23.1. The van der Waals surface area contributed by atoms with Crippen molar-refractivity contribution in [1.29, 1.82) is 0 Å². The van der Waals surface area contributed by atoms with Crippen molar-refractivity contribution in [2.24, 2.45) is 0 Å². The Morgan fingerprint density at radius 2 is 1.91 bits per heavy atom. The monoisotopic (exact) mass is 487 g/mol. The van der Waals surface area contributed by atoms with Gasteiger partial charge in [-0.05, 0) is 12.8 Å². The number of aliphatic hydroxyl groups is 1. The molecule has 1 aliphatic rings. The lowest BCUT2D eigenvalue weighted by molar-refractivity contribution is -0.158. The van der Waals surface area contributed by atoms with E-state index in [1.807, 2.05) is 6.92 Å². The molecule has 1 amide bonds. The van der Waals surface area contributed by atoms with Crippen LogP contribution in [0.25, 0.3) is 11.2 Å². The first-order valence-corrected chi connectivity index (χ1v) is 11.9. The van der Waals surface area contributed by atoms with Crippen molar-refractivity contribution in [3.8, 4) is 0 Å². The third kappa shape index (κ3) is 5.91. The Morgan fingerprint density at radius 3 is 2.55 bits per heavy atom. The zero-order valence-corrected chi connectivity index (χ0v) is 18.9. The van der Waals surface area contributed by atoms with Gasteiger partial charge in [0.1, 0.15) is 18.5 Å². The number of anilines is 1. The minimum atomic E-state index is -5.02. The Bertz CT molecular complexity index is 1040. The molecular weight excluding hydrogens is 461 g/mol. The number of rotatable bonds is 10. The fraction of sp³-hybridized carbons (Fsp3) is 0.611. The molecule has 1 fully saturated rings. The number of hydrogen-bond donors (Lipinski definition) is 4. The number of carbonyl (C=O) groups excluding carboxylic acids is 2. The lowest BCUT2D eigenvalue weighted by Gasteiger charge is -2.24. The van der Waals surface area contributed by atoms with Gasteiger partial charge < -0.3 is 29.7 Å². The molecule has 1 aliphatic heterocycles. The zero-order valence-electron chi connectivity index (χ0n) is 18.0. The first kappa shape index (κ1) is 25.1. The number of nitrogens with zero attached hydrogens (tertiary/aromatic N) is 4. The Balaban J connectivity index is 2.00. The molecule has 0 saturated carbocycles.